The van der Waals surface area contributed by atoms with E-state index in [2.05, 4.69) is 10.4 Å². The summed E-state index contributed by atoms with van der Waals surface area (Å²) in [6.45, 7) is 2.55. The second-order valence-electron chi connectivity index (χ2n) is 6.63. The van der Waals surface area contributed by atoms with Crippen molar-refractivity contribution in [2.75, 3.05) is 13.1 Å². The molecule has 2 rings (SSSR count). The van der Waals surface area contributed by atoms with Gasteiger partial charge in [-0.3, -0.25) is 5.43 Å². The van der Waals surface area contributed by atoms with E-state index >= 15 is 0 Å². The van der Waals surface area contributed by atoms with Crippen molar-refractivity contribution in [2.24, 2.45) is 0 Å². The molecule has 112 valence electrons. The van der Waals surface area contributed by atoms with Crippen molar-refractivity contribution < 1.29 is 0 Å². The first-order valence-corrected chi connectivity index (χ1v) is 8.96. The van der Waals surface area contributed by atoms with Gasteiger partial charge in [0.2, 0.25) is 0 Å². The standard InChI is InChI=1S/C17H34N2/c1-2-4-6-9-13-17(14-10-7-5-3-1)18-19-15-11-8-12-16-19/h17-18H,1-16H2. The highest BCUT2D eigenvalue weighted by Crippen LogP contribution is 2.18. The summed E-state index contributed by atoms with van der Waals surface area (Å²) in [7, 11) is 0. The molecule has 0 radical (unpaired) electrons. The number of nitrogens with one attached hydrogen (secondary N) is 1. The third-order valence-electron chi connectivity index (χ3n) is 4.83. The summed E-state index contributed by atoms with van der Waals surface area (Å²) in [6.07, 6.45) is 20.2. The van der Waals surface area contributed by atoms with Gasteiger partial charge in [-0.25, -0.2) is 5.01 Å². The quantitative estimate of drug-likeness (QED) is 0.782. The number of rotatable bonds is 2. The first kappa shape index (κ1) is 15.3. The minimum Gasteiger partial charge on any atom is -0.252 e. The highest BCUT2D eigenvalue weighted by Gasteiger charge is 2.15. The van der Waals surface area contributed by atoms with E-state index in [4.69, 9.17) is 0 Å². The fourth-order valence-corrected chi connectivity index (χ4v) is 3.57. The van der Waals surface area contributed by atoms with E-state index in [0.717, 1.165) is 6.04 Å². The number of hydrogen-bond donors (Lipinski definition) is 1. The fraction of sp³-hybridized carbons (Fsp3) is 1.00. The summed E-state index contributed by atoms with van der Waals surface area (Å²) >= 11 is 0. The van der Waals surface area contributed by atoms with Crippen molar-refractivity contribution in [3.8, 4) is 0 Å². The maximum absolute atomic E-state index is 3.84. The second kappa shape index (κ2) is 9.77. The highest BCUT2D eigenvalue weighted by atomic mass is 15.5. The number of hydrogen-bond acceptors (Lipinski definition) is 2. The topological polar surface area (TPSA) is 15.3 Å². The molecule has 0 bridgehead atoms. The molecule has 0 spiro atoms. The van der Waals surface area contributed by atoms with Crippen LogP contribution in [0.15, 0.2) is 0 Å². The van der Waals surface area contributed by atoms with Crippen LogP contribution >= 0.6 is 0 Å². The number of piperidine rings is 1. The second-order valence-corrected chi connectivity index (χ2v) is 6.63. The smallest absolute Gasteiger partial charge is 0.0215 e. The number of nitrogens with zero attached hydrogens (tertiary/aromatic N) is 1. The molecule has 1 saturated carbocycles. The highest BCUT2D eigenvalue weighted by molar-refractivity contribution is 4.70. The van der Waals surface area contributed by atoms with Gasteiger partial charge >= 0.3 is 0 Å². The van der Waals surface area contributed by atoms with Gasteiger partial charge in [-0.15, -0.1) is 0 Å². The molecule has 0 amide bonds. The largest absolute Gasteiger partial charge is 0.252 e. The molecule has 2 aliphatic rings. The zero-order chi connectivity index (χ0) is 13.2. The molecule has 2 fully saturated rings. The Balaban J connectivity index is 1.70. The molecule has 19 heavy (non-hydrogen) atoms. The van der Waals surface area contributed by atoms with E-state index in [1.807, 2.05) is 0 Å². The summed E-state index contributed by atoms with van der Waals surface area (Å²) in [5.41, 5.74) is 3.84. The van der Waals surface area contributed by atoms with Crippen molar-refractivity contribution in [2.45, 2.75) is 95.9 Å². The van der Waals surface area contributed by atoms with Crippen LogP contribution in [0.2, 0.25) is 0 Å². The Hall–Kier alpha value is -0.0800. The van der Waals surface area contributed by atoms with Crippen LogP contribution < -0.4 is 5.43 Å². The van der Waals surface area contributed by atoms with E-state index < -0.39 is 0 Å². The third kappa shape index (κ3) is 6.76. The van der Waals surface area contributed by atoms with Crippen LogP contribution in [-0.4, -0.2) is 24.1 Å². The molecule has 0 aromatic carbocycles. The van der Waals surface area contributed by atoms with Gasteiger partial charge in [-0.2, -0.15) is 0 Å². The molecule has 0 unspecified atom stereocenters. The summed E-state index contributed by atoms with van der Waals surface area (Å²) in [4.78, 5) is 0. The first-order chi connectivity index (χ1) is 9.45. The summed E-state index contributed by atoms with van der Waals surface area (Å²) in [5, 5.41) is 2.51. The third-order valence-corrected chi connectivity index (χ3v) is 4.83. The minimum absolute atomic E-state index is 0.762. The van der Waals surface area contributed by atoms with Crippen molar-refractivity contribution in [1.29, 1.82) is 0 Å². The molecular formula is C17H34N2. The molecule has 1 aliphatic heterocycles. The van der Waals surface area contributed by atoms with Gasteiger partial charge in [0.25, 0.3) is 0 Å². The molecule has 1 N–H and O–H groups in total. The maximum atomic E-state index is 3.84. The van der Waals surface area contributed by atoms with Crippen LogP contribution in [-0.2, 0) is 0 Å². The fourth-order valence-electron chi connectivity index (χ4n) is 3.57. The summed E-state index contributed by atoms with van der Waals surface area (Å²) in [5.74, 6) is 0. The van der Waals surface area contributed by atoms with Crippen LogP contribution in [0.5, 0.6) is 0 Å². The van der Waals surface area contributed by atoms with Crippen molar-refractivity contribution in [1.82, 2.24) is 10.4 Å². The van der Waals surface area contributed by atoms with Crippen molar-refractivity contribution in [3.63, 3.8) is 0 Å². The molecule has 0 atom stereocenters. The molecule has 1 heterocycles. The summed E-state index contributed by atoms with van der Waals surface area (Å²) in [6, 6.07) is 0.762. The molecule has 2 heteroatoms. The minimum atomic E-state index is 0.762. The van der Waals surface area contributed by atoms with Crippen molar-refractivity contribution >= 4 is 0 Å². The number of hydrazine groups is 1. The van der Waals surface area contributed by atoms with Gasteiger partial charge in [0.05, 0.1) is 0 Å². The average molecular weight is 266 g/mol. The molecule has 1 saturated heterocycles. The lowest BCUT2D eigenvalue weighted by molar-refractivity contribution is 0.119. The Labute approximate surface area is 120 Å². The Morgan fingerprint density at radius 2 is 0.947 bits per heavy atom. The average Bonchev–Trinajstić information content (AvgIpc) is 2.43. The Kier molecular flexibility index (Phi) is 7.87. The van der Waals surface area contributed by atoms with Crippen LogP contribution in [0.1, 0.15) is 89.9 Å². The van der Waals surface area contributed by atoms with Gasteiger partial charge in [0.15, 0.2) is 0 Å². The van der Waals surface area contributed by atoms with Gasteiger partial charge in [-0.05, 0) is 25.7 Å². The monoisotopic (exact) mass is 266 g/mol. The normalized spacial score (nSPS) is 26.5. The van der Waals surface area contributed by atoms with E-state index in [9.17, 15) is 0 Å². The molecule has 2 nitrogen and oxygen atoms in total. The SMILES string of the molecule is C1CCCCCC(NN2CCCCC2)CCCCC1. The molecule has 0 aromatic rings. The van der Waals surface area contributed by atoms with Crippen LogP contribution in [0, 0.1) is 0 Å². The summed E-state index contributed by atoms with van der Waals surface area (Å²) < 4.78 is 0. The van der Waals surface area contributed by atoms with Gasteiger partial charge in [-0.1, -0.05) is 64.2 Å². The van der Waals surface area contributed by atoms with E-state index in [1.165, 1.54) is 103 Å². The lowest BCUT2D eigenvalue weighted by Crippen LogP contribution is -2.47. The van der Waals surface area contributed by atoms with Gasteiger partial charge < -0.3 is 0 Å². The molecule has 1 aliphatic carbocycles. The van der Waals surface area contributed by atoms with Crippen LogP contribution in [0.3, 0.4) is 0 Å². The lowest BCUT2D eigenvalue weighted by Gasteiger charge is -2.32. The Morgan fingerprint density at radius 1 is 0.526 bits per heavy atom. The predicted molar refractivity (Wildman–Crippen MR) is 83.1 cm³/mol. The van der Waals surface area contributed by atoms with Gasteiger partial charge in [0, 0.05) is 19.1 Å². The zero-order valence-electron chi connectivity index (χ0n) is 12.8. The van der Waals surface area contributed by atoms with E-state index in [1.54, 1.807) is 0 Å². The Morgan fingerprint density at radius 3 is 1.47 bits per heavy atom. The van der Waals surface area contributed by atoms with E-state index in [0.29, 0.717) is 0 Å². The van der Waals surface area contributed by atoms with Crippen LogP contribution in [0.25, 0.3) is 0 Å². The molecule has 0 aromatic heterocycles. The molecular weight excluding hydrogens is 232 g/mol. The first-order valence-electron chi connectivity index (χ1n) is 8.96. The zero-order valence-corrected chi connectivity index (χ0v) is 12.8. The lowest BCUT2D eigenvalue weighted by atomic mass is 9.98. The predicted octanol–water partition coefficient (Wildman–Crippen LogP) is 4.65. The van der Waals surface area contributed by atoms with Gasteiger partial charge in [0.1, 0.15) is 0 Å². The van der Waals surface area contributed by atoms with Crippen molar-refractivity contribution in [3.05, 3.63) is 0 Å². The maximum Gasteiger partial charge on any atom is 0.0215 e. The van der Waals surface area contributed by atoms with Crippen LogP contribution in [0.4, 0.5) is 0 Å². The Bertz CT molecular complexity index is 199. The van der Waals surface area contributed by atoms with E-state index in [-0.39, 0.29) is 0 Å².